The summed E-state index contributed by atoms with van der Waals surface area (Å²) in [5.74, 6) is -0.0715. The van der Waals surface area contributed by atoms with E-state index < -0.39 is 20.0 Å². The van der Waals surface area contributed by atoms with Crippen LogP contribution in [0.1, 0.15) is 6.92 Å². The predicted molar refractivity (Wildman–Crippen MR) is 74.4 cm³/mol. The number of rotatable bonds is 3. The SMILES string of the molecule is CCS(=O)(=O)c1nc2cc(S(=O)(=O)O)ccc2s1.Cl. The molecule has 0 atom stereocenters. The number of nitrogens with zero attached hydrogens (tertiary/aromatic N) is 1. The van der Waals surface area contributed by atoms with E-state index in [0.717, 1.165) is 17.4 Å². The number of benzene rings is 1. The van der Waals surface area contributed by atoms with Crippen molar-refractivity contribution < 1.29 is 21.4 Å². The summed E-state index contributed by atoms with van der Waals surface area (Å²) < 4.78 is 54.6. The molecule has 0 bridgehead atoms. The van der Waals surface area contributed by atoms with Gasteiger partial charge in [-0.15, -0.1) is 23.7 Å². The number of hydrogen-bond acceptors (Lipinski definition) is 6. The Hall–Kier alpha value is -0.740. The minimum absolute atomic E-state index is 0. The predicted octanol–water partition coefficient (Wildman–Crippen LogP) is 1.76. The third-order valence-corrected chi connectivity index (χ3v) is 6.36. The van der Waals surface area contributed by atoms with Crippen LogP contribution in [0, 0.1) is 0 Å². The molecule has 2 rings (SSSR count). The lowest BCUT2D eigenvalue weighted by Gasteiger charge is -1.94. The van der Waals surface area contributed by atoms with Crippen LogP contribution in [0.4, 0.5) is 0 Å². The van der Waals surface area contributed by atoms with E-state index in [9.17, 15) is 16.8 Å². The highest BCUT2D eigenvalue weighted by Crippen LogP contribution is 2.27. The summed E-state index contributed by atoms with van der Waals surface area (Å²) in [6, 6.07) is 3.78. The zero-order chi connectivity index (χ0) is 13.6. The lowest BCUT2D eigenvalue weighted by Crippen LogP contribution is -2.02. The fourth-order valence-electron chi connectivity index (χ4n) is 1.30. The van der Waals surface area contributed by atoms with Crippen LogP contribution in [0.2, 0.25) is 0 Å². The van der Waals surface area contributed by atoms with Crippen molar-refractivity contribution in [2.75, 3.05) is 5.75 Å². The Morgan fingerprint density at radius 3 is 2.42 bits per heavy atom. The van der Waals surface area contributed by atoms with Crippen LogP contribution in [0.15, 0.2) is 27.4 Å². The molecule has 10 heteroatoms. The van der Waals surface area contributed by atoms with Crippen LogP contribution in [0.5, 0.6) is 0 Å². The van der Waals surface area contributed by atoms with Crippen molar-refractivity contribution >= 4 is 53.9 Å². The van der Waals surface area contributed by atoms with Crippen molar-refractivity contribution in [3.8, 4) is 0 Å². The molecule has 1 N–H and O–H groups in total. The van der Waals surface area contributed by atoms with E-state index >= 15 is 0 Å². The zero-order valence-electron chi connectivity index (χ0n) is 9.60. The van der Waals surface area contributed by atoms with Gasteiger partial charge < -0.3 is 0 Å². The first kappa shape index (κ1) is 16.3. The smallest absolute Gasteiger partial charge is 0.282 e. The van der Waals surface area contributed by atoms with Crippen molar-refractivity contribution in [1.82, 2.24) is 4.98 Å². The van der Waals surface area contributed by atoms with Crippen LogP contribution in [-0.2, 0) is 20.0 Å². The van der Waals surface area contributed by atoms with E-state index in [2.05, 4.69) is 4.98 Å². The van der Waals surface area contributed by atoms with E-state index in [1.54, 1.807) is 0 Å². The Bertz CT molecular complexity index is 809. The highest BCUT2D eigenvalue weighted by atomic mass is 35.5. The molecule has 0 fully saturated rings. The minimum Gasteiger partial charge on any atom is -0.282 e. The van der Waals surface area contributed by atoms with Gasteiger partial charge in [0.05, 0.1) is 20.9 Å². The number of aromatic nitrogens is 1. The second-order valence-electron chi connectivity index (χ2n) is 3.49. The molecule has 0 amide bonds. The van der Waals surface area contributed by atoms with E-state index in [4.69, 9.17) is 4.55 Å². The number of hydrogen-bond donors (Lipinski definition) is 1. The lowest BCUT2D eigenvalue weighted by molar-refractivity contribution is 0.483. The van der Waals surface area contributed by atoms with E-state index in [0.29, 0.717) is 4.70 Å². The van der Waals surface area contributed by atoms with Gasteiger partial charge in [-0.2, -0.15) is 8.42 Å². The maximum atomic E-state index is 11.6. The minimum atomic E-state index is -4.31. The Balaban J connectivity index is 0.00000180. The second-order valence-corrected chi connectivity index (χ2v) is 8.39. The molecule has 0 radical (unpaired) electrons. The number of thiazole rings is 1. The summed E-state index contributed by atoms with van der Waals surface area (Å²) in [6.07, 6.45) is 0. The molecule has 1 aromatic heterocycles. The van der Waals surface area contributed by atoms with Crippen LogP contribution in [0.3, 0.4) is 0 Å². The molecule has 0 saturated carbocycles. The maximum Gasteiger partial charge on any atom is 0.294 e. The van der Waals surface area contributed by atoms with Gasteiger partial charge in [-0.3, -0.25) is 4.55 Å². The largest absolute Gasteiger partial charge is 0.294 e. The standard InChI is InChI=1S/C9H9NO5S3.ClH/c1-2-17(11,12)9-10-7-5-6(18(13,14)15)3-4-8(7)16-9;/h3-5H,2H2,1H3,(H,13,14,15);1H. The molecule has 1 heterocycles. The van der Waals surface area contributed by atoms with Gasteiger partial charge in [-0.1, -0.05) is 6.92 Å². The quantitative estimate of drug-likeness (QED) is 0.852. The second kappa shape index (κ2) is 5.33. The van der Waals surface area contributed by atoms with Gasteiger partial charge in [0.15, 0.2) is 0 Å². The Kier molecular flexibility index (Phi) is 4.58. The molecule has 0 saturated heterocycles. The molecule has 0 aliphatic carbocycles. The molecule has 0 spiro atoms. The first-order valence-electron chi connectivity index (χ1n) is 4.85. The first-order chi connectivity index (χ1) is 8.24. The van der Waals surface area contributed by atoms with Gasteiger partial charge >= 0.3 is 0 Å². The average Bonchev–Trinajstić information content (AvgIpc) is 2.71. The van der Waals surface area contributed by atoms with Crippen LogP contribution < -0.4 is 0 Å². The molecule has 0 unspecified atom stereocenters. The van der Waals surface area contributed by atoms with Crippen molar-refractivity contribution in [2.24, 2.45) is 0 Å². The lowest BCUT2D eigenvalue weighted by atomic mass is 10.3. The van der Waals surface area contributed by atoms with Crippen molar-refractivity contribution in [1.29, 1.82) is 0 Å². The maximum absolute atomic E-state index is 11.6. The van der Waals surface area contributed by atoms with Gasteiger partial charge in [0.25, 0.3) is 10.1 Å². The topological polar surface area (TPSA) is 101 Å². The highest BCUT2D eigenvalue weighted by Gasteiger charge is 2.18. The molecule has 0 aliphatic heterocycles. The van der Waals surface area contributed by atoms with Gasteiger partial charge in [-0.25, -0.2) is 13.4 Å². The summed E-state index contributed by atoms with van der Waals surface area (Å²) in [6.45, 7) is 1.50. The molecule has 2 aromatic rings. The molecule has 1 aromatic carbocycles. The van der Waals surface area contributed by atoms with E-state index in [-0.39, 0.29) is 32.9 Å². The molecular weight excluding hydrogens is 334 g/mol. The fraction of sp³-hybridized carbons (Fsp3) is 0.222. The molecular formula is C9H10ClNO5S3. The summed E-state index contributed by atoms with van der Waals surface area (Å²) in [7, 11) is -7.72. The van der Waals surface area contributed by atoms with Crippen molar-refractivity contribution in [3.05, 3.63) is 18.2 Å². The van der Waals surface area contributed by atoms with Crippen LogP contribution in [0.25, 0.3) is 10.2 Å². The average molecular weight is 344 g/mol. The van der Waals surface area contributed by atoms with Crippen molar-refractivity contribution in [3.63, 3.8) is 0 Å². The molecule has 6 nitrogen and oxygen atoms in total. The first-order valence-corrected chi connectivity index (χ1v) is 8.76. The van der Waals surface area contributed by atoms with Crippen LogP contribution >= 0.6 is 23.7 Å². The summed E-state index contributed by atoms with van der Waals surface area (Å²) in [5.41, 5.74) is 0.238. The number of fused-ring (bicyclic) bond motifs is 1. The monoisotopic (exact) mass is 343 g/mol. The molecule has 106 valence electrons. The Labute approximate surface area is 120 Å². The van der Waals surface area contributed by atoms with Gasteiger partial charge in [0.2, 0.25) is 14.2 Å². The number of sulfone groups is 1. The van der Waals surface area contributed by atoms with E-state index in [1.165, 1.54) is 19.1 Å². The normalized spacial score (nSPS) is 12.3. The van der Waals surface area contributed by atoms with Crippen LogP contribution in [-0.4, -0.2) is 32.1 Å². The van der Waals surface area contributed by atoms with Crippen molar-refractivity contribution in [2.45, 2.75) is 16.2 Å². The Morgan fingerprint density at radius 2 is 1.89 bits per heavy atom. The molecule has 19 heavy (non-hydrogen) atoms. The summed E-state index contributed by atoms with van der Waals surface area (Å²) in [5, 5.41) is 0. The van der Waals surface area contributed by atoms with Gasteiger partial charge in [0.1, 0.15) is 0 Å². The third-order valence-electron chi connectivity index (χ3n) is 2.28. The van der Waals surface area contributed by atoms with Gasteiger partial charge in [0, 0.05) is 0 Å². The van der Waals surface area contributed by atoms with Gasteiger partial charge in [-0.05, 0) is 18.2 Å². The van der Waals surface area contributed by atoms with E-state index in [1.807, 2.05) is 0 Å². The highest BCUT2D eigenvalue weighted by molar-refractivity contribution is 7.93. The Morgan fingerprint density at radius 1 is 1.26 bits per heavy atom. The zero-order valence-corrected chi connectivity index (χ0v) is 12.9. The molecule has 0 aliphatic rings. The fourth-order valence-corrected chi connectivity index (χ4v) is 4.10. The summed E-state index contributed by atoms with van der Waals surface area (Å²) in [4.78, 5) is 3.58. The number of halogens is 1. The summed E-state index contributed by atoms with van der Waals surface area (Å²) >= 11 is 0.973. The third kappa shape index (κ3) is 3.23.